The molecule has 128 valence electrons. The first-order valence-corrected chi connectivity index (χ1v) is 9.00. The molecule has 0 atom stereocenters. The van der Waals surface area contributed by atoms with Crippen LogP contribution in [0.1, 0.15) is 66.3 Å². The number of aryl methyl sites for hydroxylation is 1. The number of imidazole rings is 1. The molecule has 2 fully saturated rings. The number of rotatable bonds is 5. The Morgan fingerprint density at radius 2 is 2.12 bits per heavy atom. The minimum Gasteiger partial charge on any atom is -0.465 e. The van der Waals surface area contributed by atoms with Gasteiger partial charge in [0.2, 0.25) is 5.95 Å². The molecule has 0 spiro atoms. The van der Waals surface area contributed by atoms with Crippen molar-refractivity contribution in [3.63, 3.8) is 0 Å². The Morgan fingerprint density at radius 3 is 2.84 bits per heavy atom. The predicted molar refractivity (Wildman–Crippen MR) is 93.8 cm³/mol. The first kappa shape index (κ1) is 14.7. The van der Waals surface area contributed by atoms with Gasteiger partial charge in [-0.25, -0.2) is 9.97 Å². The summed E-state index contributed by atoms with van der Waals surface area (Å²) in [4.78, 5) is 21.8. The van der Waals surface area contributed by atoms with Crippen molar-refractivity contribution in [3.05, 3.63) is 41.5 Å². The van der Waals surface area contributed by atoms with E-state index in [1.54, 1.807) is 6.20 Å². The summed E-state index contributed by atoms with van der Waals surface area (Å²) >= 11 is 0. The van der Waals surface area contributed by atoms with Crippen LogP contribution in [0.2, 0.25) is 0 Å². The van der Waals surface area contributed by atoms with E-state index in [-0.39, 0.29) is 5.91 Å². The number of pyridine rings is 1. The molecular weight excluding hydrogens is 316 g/mol. The Hall–Kier alpha value is -2.63. The number of hydrogen-bond acceptors (Lipinski definition) is 4. The summed E-state index contributed by atoms with van der Waals surface area (Å²) in [6.45, 7) is 2.71. The maximum atomic E-state index is 12.9. The van der Waals surface area contributed by atoms with E-state index >= 15 is 0 Å². The zero-order valence-electron chi connectivity index (χ0n) is 14.2. The Bertz CT molecular complexity index is 963. The molecule has 3 aromatic heterocycles. The number of aromatic nitrogens is 3. The normalized spacial score (nSPS) is 17.2. The van der Waals surface area contributed by atoms with Gasteiger partial charge in [0, 0.05) is 24.6 Å². The van der Waals surface area contributed by atoms with Crippen molar-refractivity contribution in [3.8, 4) is 0 Å². The lowest BCUT2D eigenvalue weighted by molar-refractivity contribution is 0.102. The van der Waals surface area contributed by atoms with Crippen LogP contribution in [-0.2, 0) is 6.54 Å². The number of hydrogen-bond donors (Lipinski definition) is 1. The van der Waals surface area contributed by atoms with Gasteiger partial charge in [-0.3, -0.25) is 14.7 Å². The van der Waals surface area contributed by atoms with E-state index in [0.29, 0.717) is 29.9 Å². The molecule has 6 heteroatoms. The first-order valence-electron chi connectivity index (χ1n) is 9.00. The van der Waals surface area contributed by atoms with E-state index in [1.165, 1.54) is 0 Å². The van der Waals surface area contributed by atoms with Crippen LogP contribution in [0.3, 0.4) is 0 Å². The molecule has 0 aromatic carbocycles. The molecule has 2 aliphatic carbocycles. The van der Waals surface area contributed by atoms with Crippen molar-refractivity contribution in [2.75, 3.05) is 5.32 Å². The number of anilines is 1. The first-order chi connectivity index (χ1) is 12.2. The van der Waals surface area contributed by atoms with Crippen LogP contribution < -0.4 is 5.32 Å². The van der Waals surface area contributed by atoms with Crippen molar-refractivity contribution < 1.29 is 9.21 Å². The van der Waals surface area contributed by atoms with Gasteiger partial charge in [0.25, 0.3) is 5.91 Å². The molecule has 6 nitrogen and oxygen atoms in total. The number of carbonyl (C=O) groups excluding carboxylic acids is 1. The zero-order chi connectivity index (χ0) is 17.0. The molecule has 5 rings (SSSR count). The number of fused-ring (bicyclic) bond motifs is 1. The third kappa shape index (κ3) is 2.52. The monoisotopic (exact) mass is 336 g/mol. The van der Waals surface area contributed by atoms with E-state index in [2.05, 4.69) is 15.3 Å². The van der Waals surface area contributed by atoms with E-state index in [1.807, 2.05) is 29.7 Å². The third-order valence-electron chi connectivity index (χ3n) is 5.00. The van der Waals surface area contributed by atoms with Crippen molar-refractivity contribution in [2.24, 2.45) is 0 Å². The fraction of sp³-hybridized carbons (Fsp3) is 0.421. The SMILES string of the molecule is CCn1c(NC(=O)c2cc(C3CC3)oc2C2CC2)nc2cccnc21. The van der Waals surface area contributed by atoms with Crippen LogP contribution in [0.15, 0.2) is 28.8 Å². The second-order valence-electron chi connectivity index (χ2n) is 6.96. The van der Waals surface area contributed by atoms with Crippen LogP contribution in [0.4, 0.5) is 5.95 Å². The summed E-state index contributed by atoms with van der Waals surface area (Å²) in [5, 5.41) is 2.98. The minimum absolute atomic E-state index is 0.137. The predicted octanol–water partition coefficient (Wildman–Crippen LogP) is 4.05. The fourth-order valence-electron chi connectivity index (χ4n) is 3.34. The van der Waals surface area contributed by atoms with E-state index < -0.39 is 0 Å². The average molecular weight is 336 g/mol. The van der Waals surface area contributed by atoms with Crippen molar-refractivity contribution in [1.82, 2.24) is 14.5 Å². The van der Waals surface area contributed by atoms with Gasteiger partial charge in [-0.15, -0.1) is 0 Å². The number of nitrogens with one attached hydrogen (secondary N) is 1. The maximum absolute atomic E-state index is 12.9. The van der Waals surface area contributed by atoms with Gasteiger partial charge in [0.1, 0.15) is 17.0 Å². The molecular formula is C19H20N4O2. The van der Waals surface area contributed by atoms with Crippen LogP contribution in [0.5, 0.6) is 0 Å². The highest BCUT2D eigenvalue weighted by molar-refractivity contribution is 6.05. The van der Waals surface area contributed by atoms with Gasteiger partial charge in [-0.05, 0) is 50.8 Å². The molecule has 2 aliphatic rings. The Balaban J connectivity index is 1.49. The Morgan fingerprint density at radius 1 is 1.32 bits per heavy atom. The topological polar surface area (TPSA) is 73.0 Å². The zero-order valence-corrected chi connectivity index (χ0v) is 14.2. The molecule has 25 heavy (non-hydrogen) atoms. The minimum atomic E-state index is -0.137. The van der Waals surface area contributed by atoms with Crippen molar-refractivity contribution in [2.45, 2.75) is 51.0 Å². The molecule has 0 saturated heterocycles. The highest BCUT2D eigenvalue weighted by Gasteiger charge is 2.36. The smallest absolute Gasteiger partial charge is 0.261 e. The molecule has 3 aromatic rings. The summed E-state index contributed by atoms with van der Waals surface area (Å²) in [5.41, 5.74) is 2.24. The molecule has 2 saturated carbocycles. The largest absolute Gasteiger partial charge is 0.465 e. The fourth-order valence-corrected chi connectivity index (χ4v) is 3.34. The summed E-state index contributed by atoms with van der Waals surface area (Å²) in [6, 6.07) is 5.70. The van der Waals surface area contributed by atoms with Gasteiger partial charge in [0.05, 0.1) is 5.56 Å². The van der Waals surface area contributed by atoms with Crippen molar-refractivity contribution in [1.29, 1.82) is 0 Å². The molecule has 1 N–H and O–H groups in total. The lowest BCUT2D eigenvalue weighted by Crippen LogP contribution is -2.16. The molecule has 0 aliphatic heterocycles. The van der Waals surface area contributed by atoms with Gasteiger partial charge in [-0.1, -0.05) is 0 Å². The summed E-state index contributed by atoms with van der Waals surface area (Å²) in [6.07, 6.45) is 6.28. The van der Waals surface area contributed by atoms with Gasteiger partial charge >= 0.3 is 0 Å². The van der Waals surface area contributed by atoms with Gasteiger partial charge in [-0.2, -0.15) is 0 Å². The number of amides is 1. The molecule has 0 unspecified atom stereocenters. The Kier molecular flexibility index (Phi) is 3.20. The summed E-state index contributed by atoms with van der Waals surface area (Å²) < 4.78 is 7.96. The maximum Gasteiger partial charge on any atom is 0.261 e. The quantitative estimate of drug-likeness (QED) is 0.763. The van der Waals surface area contributed by atoms with E-state index in [9.17, 15) is 4.79 Å². The van der Waals surface area contributed by atoms with Crippen LogP contribution >= 0.6 is 0 Å². The highest BCUT2D eigenvalue weighted by atomic mass is 16.3. The molecule has 0 radical (unpaired) electrons. The second-order valence-corrected chi connectivity index (χ2v) is 6.96. The lowest BCUT2D eigenvalue weighted by atomic mass is 10.1. The molecule has 1 amide bonds. The summed E-state index contributed by atoms with van der Waals surface area (Å²) in [5.74, 6) is 3.14. The van der Waals surface area contributed by atoms with E-state index in [0.717, 1.165) is 48.4 Å². The second kappa shape index (κ2) is 5.44. The Labute approximate surface area is 145 Å². The van der Waals surface area contributed by atoms with Gasteiger partial charge < -0.3 is 4.42 Å². The van der Waals surface area contributed by atoms with Crippen LogP contribution in [0, 0.1) is 0 Å². The number of furan rings is 1. The van der Waals surface area contributed by atoms with Crippen LogP contribution in [0.25, 0.3) is 11.2 Å². The summed E-state index contributed by atoms with van der Waals surface area (Å²) in [7, 11) is 0. The lowest BCUT2D eigenvalue weighted by Gasteiger charge is -2.07. The molecule has 0 bridgehead atoms. The average Bonchev–Trinajstić information content (AvgIpc) is 3.55. The van der Waals surface area contributed by atoms with Crippen molar-refractivity contribution >= 4 is 23.0 Å². The molecule has 3 heterocycles. The van der Waals surface area contributed by atoms with Gasteiger partial charge in [0.15, 0.2) is 5.65 Å². The standard InChI is InChI=1S/C19H20N4O2/c1-2-23-17-14(4-3-9-20-17)21-19(23)22-18(24)13-10-15(11-5-6-11)25-16(13)12-7-8-12/h3-4,9-12H,2,5-8H2,1H3,(H,21,22,24). The number of nitrogens with zero attached hydrogens (tertiary/aromatic N) is 3. The van der Waals surface area contributed by atoms with E-state index in [4.69, 9.17) is 4.42 Å². The number of carbonyl (C=O) groups is 1. The highest BCUT2D eigenvalue weighted by Crippen LogP contribution is 2.47. The third-order valence-corrected chi connectivity index (χ3v) is 5.00. The van der Waals surface area contributed by atoms with Crippen LogP contribution in [-0.4, -0.2) is 20.4 Å².